The van der Waals surface area contributed by atoms with Crippen LogP contribution in [-0.2, 0) is 14.3 Å². The first kappa shape index (κ1) is 29.1. The molecule has 0 aromatic rings. The molecule has 2 saturated heterocycles. The van der Waals surface area contributed by atoms with E-state index in [-0.39, 0.29) is 18.0 Å². The van der Waals surface area contributed by atoms with Gasteiger partial charge < -0.3 is 14.1 Å². The third-order valence-corrected chi connectivity index (χ3v) is 7.92. The third-order valence-electron chi connectivity index (χ3n) is 7.92. The zero-order valence-corrected chi connectivity index (χ0v) is 22.7. The van der Waals surface area contributed by atoms with Crippen molar-refractivity contribution in [1.82, 2.24) is 4.90 Å². The predicted molar refractivity (Wildman–Crippen MR) is 141 cm³/mol. The number of nitrogens with zero attached hydrogens (tertiary/aromatic N) is 2. The number of rotatable bonds is 19. The second kappa shape index (κ2) is 17.3. The van der Waals surface area contributed by atoms with Gasteiger partial charge in [0.25, 0.3) is 0 Å². The molecule has 2 fully saturated rings. The van der Waals surface area contributed by atoms with Crippen molar-refractivity contribution in [3.63, 3.8) is 0 Å². The third kappa shape index (κ3) is 12.6. The van der Waals surface area contributed by atoms with Gasteiger partial charge >= 0.3 is 5.97 Å². The minimum Gasteiger partial charge on any atom is -0.454 e. The molecule has 2 aliphatic rings. The van der Waals surface area contributed by atoms with Gasteiger partial charge in [-0.05, 0) is 32.1 Å². The fourth-order valence-corrected chi connectivity index (χ4v) is 5.76. The molecule has 0 spiro atoms. The summed E-state index contributed by atoms with van der Waals surface area (Å²) in [5.41, 5.74) is 0. The van der Waals surface area contributed by atoms with Gasteiger partial charge in [-0.1, -0.05) is 84.0 Å². The minimum absolute atomic E-state index is 0.0664. The summed E-state index contributed by atoms with van der Waals surface area (Å²) in [6.07, 6.45) is 22.7. The summed E-state index contributed by atoms with van der Waals surface area (Å²) in [5.74, 6) is 0.155. The van der Waals surface area contributed by atoms with E-state index in [2.05, 4.69) is 14.0 Å². The van der Waals surface area contributed by atoms with Crippen LogP contribution in [-0.4, -0.2) is 67.1 Å². The van der Waals surface area contributed by atoms with E-state index in [1.165, 1.54) is 89.9 Å². The zero-order chi connectivity index (χ0) is 24.5. The highest BCUT2D eigenvalue weighted by atomic mass is 16.5. The average molecular weight is 480 g/mol. The van der Waals surface area contributed by atoms with Crippen molar-refractivity contribution in [2.45, 2.75) is 135 Å². The Kier molecular flexibility index (Phi) is 14.9. The average Bonchev–Trinajstić information content (AvgIpc) is 3.21. The van der Waals surface area contributed by atoms with Crippen LogP contribution in [0.4, 0.5) is 0 Å². The van der Waals surface area contributed by atoms with Gasteiger partial charge in [-0.25, -0.2) is 0 Å². The first-order valence-corrected chi connectivity index (χ1v) is 14.8. The molecule has 0 aliphatic carbocycles. The first-order chi connectivity index (χ1) is 16.5. The molecular weight excluding hydrogens is 424 g/mol. The smallest absolute Gasteiger partial charge is 0.306 e. The number of esters is 1. The fraction of sp³-hybridized carbons (Fsp3) is 0.931. The van der Waals surface area contributed by atoms with Crippen LogP contribution in [0.2, 0.25) is 0 Å². The topological polar surface area (TPSA) is 46.6 Å². The Balaban J connectivity index is 1.57. The lowest BCUT2D eigenvalue weighted by Gasteiger charge is -2.40. The summed E-state index contributed by atoms with van der Waals surface area (Å²) in [4.78, 5) is 26.7. The summed E-state index contributed by atoms with van der Waals surface area (Å²) in [6.45, 7) is 6.82. The van der Waals surface area contributed by atoms with Gasteiger partial charge in [0.2, 0.25) is 5.91 Å². The quantitative estimate of drug-likeness (QED) is 0.119. The van der Waals surface area contributed by atoms with Crippen molar-refractivity contribution < 1.29 is 18.8 Å². The molecule has 1 unspecified atom stereocenters. The number of hydrogen-bond acceptors (Lipinski definition) is 3. The van der Waals surface area contributed by atoms with Gasteiger partial charge in [0.15, 0.2) is 6.10 Å². The van der Waals surface area contributed by atoms with Crippen LogP contribution in [0, 0.1) is 0 Å². The van der Waals surface area contributed by atoms with Crippen LogP contribution in [0.3, 0.4) is 0 Å². The first-order valence-electron chi connectivity index (χ1n) is 14.8. The van der Waals surface area contributed by atoms with Gasteiger partial charge in [-0.3, -0.25) is 9.59 Å². The van der Waals surface area contributed by atoms with Crippen LogP contribution in [0.5, 0.6) is 0 Å². The second-order valence-corrected chi connectivity index (χ2v) is 11.4. The summed E-state index contributed by atoms with van der Waals surface area (Å²) in [6, 6.07) is 0. The van der Waals surface area contributed by atoms with Crippen LogP contribution >= 0.6 is 0 Å². The Morgan fingerprint density at radius 3 is 1.94 bits per heavy atom. The maximum Gasteiger partial charge on any atom is 0.306 e. The molecule has 5 heteroatoms. The lowest BCUT2D eigenvalue weighted by Crippen LogP contribution is -2.54. The fourth-order valence-electron chi connectivity index (χ4n) is 5.76. The van der Waals surface area contributed by atoms with E-state index < -0.39 is 0 Å². The number of unbranched alkanes of at least 4 members (excludes halogenated alkanes) is 12. The largest absolute Gasteiger partial charge is 0.454 e. The highest BCUT2D eigenvalue weighted by molar-refractivity contribution is 5.78. The predicted octanol–water partition coefficient (Wildman–Crippen LogP) is 6.63. The SMILES string of the molecule is CCCCCCCCCCCCCCCC(=O)OC(CN1CCCC1=O)C[N+]1(C)CCCCC1. The maximum atomic E-state index is 12.6. The molecular formula is C29H55N2O3+. The van der Waals surface area contributed by atoms with E-state index in [1.807, 2.05) is 4.90 Å². The molecule has 5 nitrogen and oxygen atoms in total. The molecule has 34 heavy (non-hydrogen) atoms. The van der Waals surface area contributed by atoms with Gasteiger partial charge in [-0.2, -0.15) is 0 Å². The molecule has 198 valence electrons. The standard InChI is InChI=1S/C29H55N2O3/c1-3-4-5-6-7-8-9-10-11-12-13-14-16-21-29(33)34-27(25-30-22-19-20-28(30)32)26-31(2)23-17-15-18-24-31/h27H,3-26H2,1-2H3/q+1. The molecule has 1 amide bonds. The van der Waals surface area contributed by atoms with Crippen LogP contribution in [0.25, 0.3) is 0 Å². The molecule has 0 saturated carbocycles. The van der Waals surface area contributed by atoms with Gasteiger partial charge in [0, 0.05) is 19.4 Å². The maximum absolute atomic E-state index is 12.6. The molecule has 0 aromatic carbocycles. The molecule has 0 N–H and O–H groups in total. The number of piperidine rings is 1. The van der Waals surface area contributed by atoms with Crippen molar-refractivity contribution in [1.29, 1.82) is 0 Å². The van der Waals surface area contributed by atoms with Crippen LogP contribution in [0.15, 0.2) is 0 Å². The number of quaternary nitrogens is 1. The van der Waals surface area contributed by atoms with E-state index in [4.69, 9.17) is 4.74 Å². The number of likely N-dealkylation sites (tertiary alicyclic amines) is 2. The number of amides is 1. The second-order valence-electron chi connectivity index (χ2n) is 11.4. The van der Waals surface area contributed by atoms with E-state index in [0.29, 0.717) is 19.4 Å². The van der Waals surface area contributed by atoms with Crippen LogP contribution in [0.1, 0.15) is 129 Å². The van der Waals surface area contributed by atoms with E-state index in [1.54, 1.807) is 0 Å². The van der Waals surface area contributed by atoms with Crippen molar-refractivity contribution in [2.75, 3.05) is 39.8 Å². The number of carbonyl (C=O) groups excluding carboxylic acids is 2. The summed E-state index contributed by atoms with van der Waals surface area (Å²) in [7, 11) is 2.29. The molecule has 0 radical (unpaired) electrons. The Morgan fingerprint density at radius 2 is 1.41 bits per heavy atom. The van der Waals surface area contributed by atoms with Crippen molar-refractivity contribution in [2.24, 2.45) is 0 Å². The van der Waals surface area contributed by atoms with Crippen LogP contribution < -0.4 is 0 Å². The van der Waals surface area contributed by atoms with Gasteiger partial charge in [-0.15, -0.1) is 0 Å². The Hall–Kier alpha value is -1.10. The monoisotopic (exact) mass is 479 g/mol. The van der Waals surface area contributed by atoms with E-state index in [9.17, 15) is 9.59 Å². The number of carbonyl (C=O) groups is 2. The Labute approximate surface area is 210 Å². The highest BCUT2D eigenvalue weighted by Gasteiger charge is 2.33. The van der Waals surface area contributed by atoms with E-state index >= 15 is 0 Å². The summed E-state index contributed by atoms with van der Waals surface area (Å²) >= 11 is 0. The molecule has 2 rings (SSSR count). The van der Waals surface area contributed by atoms with Gasteiger partial charge in [0.1, 0.15) is 6.54 Å². The van der Waals surface area contributed by atoms with Crippen molar-refractivity contribution in [3.8, 4) is 0 Å². The Bertz CT molecular complexity index is 560. The van der Waals surface area contributed by atoms with E-state index in [0.717, 1.165) is 49.9 Å². The molecule has 0 bridgehead atoms. The molecule has 1 atom stereocenters. The normalized spacial score (nSPS) is 18.9. The molecule has 2 aliphatic heterocycles. The number of ether oxygens (including phenoxy) is 1. The molecule has 2 heterocycles. The number of likely N-dealkylation sites (N-methyl/N-ethyl adjacent to an activating group) is 1. The lowest BCUT2D eigenvalue weighted by molar-refractivity contribution is -0.916. The van der Waals surface area contributed by atoms with Crippen molar-refractivity contribution in [3.05, 3.63) is 0 Å². The summed E-state index contributed by atoms with van der Waals surface area (Å²) < 4.78 is 6.96. The van der Waals surface area contributed by atoms with Crippen molar-refractivity contribution >= 4 is 11.9 Å². The zero-order valence-electron chi connectivity index (χ0n) is 22.7. The molecule has 0 aromatic heterocycles. The minimum atomic E-state index is -0.167. The van der Waals surface area contributed by atoms with Gasteiger partial charge in [0.05, 0.1) is 26.7 Å². The highest BCUT2D eigenvalue weighted by Crippen LogP contribution is 2.20. The number of hydrogen-bond donors (Lipinski definition) is 0. The lowest BCUT2D eigenvalue weighted by atomic mass is 10.0. The Morgan fingerprint density at radius 1 is 0.853 bits per heavy atom. The summed E-state index contributed by atoms with van der Waals surface area (Å²) in [5, 5.41) is 0.